The van der Waals surface area contributed by atoms with Crippen LogP contribution in [0.4, 0.5) is 0 Å². The molecular weight excluding hydrogens is 340 g/mol. The molecule has 0 radical (unpaired) electrons. The standard InChI is InChI=1S/C14H17BrN2O4/c1-2-5-16-13(19)7-17-14(20)9-21-12-4-3-11(15)6-10(12)8-18/h3-4,6,8H,2,5,7,9H2,1H3,(H,16,19)(H,17,20). The van der Waals surface area contributed by atoms with Gasteiger partial charge in [-0.3, -0.25) is 14.4 Å². The predicted octanol–water partition coefficient (Wildman–Crippen LogP) is 1.28. The molecule has 0 aliphatic heterocycles. The highest BCUT2D eigenvalue weighted by Crippen LogP contribution is 2.21. The molecule has 0 aliphatic rings. The maximum atomic E-state index is 11.5. The molecule has 0 aromatic heterocycles. The van der Waals surface area contributed by atoms with E-state index in [-0.39, 0.29) is 19.1 Å². The molecule has 0 unspecified atom stereocenters. The van der Waals surface area contributed by atoms with Gasteiger partial charge in [-0.15, -0.1) is 0 Å². The Kier molecular flexibility index (Phi) is 7.45. The van der Waals surface area contributed by atoms with Crippen LogP contribution in [0.1, 0.15) is 23.7 Å². The first-order valence-corrected chi connectivity index (χ1v) is 7.27. The average Bonchev–Trinajstić information content (AvgIpc) is 2.49. The van der Waals surface area contributed by atoms with Crippen molar-refractivity contribution in [3.8, 4) is 5.75 Å². The van der Waals surface area contributed by atoms with Gasteiger partial charge < -0.3 is 15.4 Å². The van der Waals surface area contributed by atoms with E-state index < -0.39 is 5.91 Å². The Morgan fingerprint density at radius 1 is 1.29 bits per heavy atom. The summed E-state index contributed by atoms with van der Waals surface area (Å²) in [6, 6.07) is 4.89. The quantitative estimate of drug-likeness (QED) is 0.687. The summed E-state index contributed by atoms with van der Waals surface area (Å²) in [5, 5.41) is 5.08. The molecule has 21 heavy (non-hydrogen) atoms. The van der Waals surface area contributed by atoms with E-state index in [0.717, 1.165) is 10.9 Å². The van der Waals surface area contributed by atoms with Crippen molar-refractivity contribution in [1.82, 2.24) is 10.6 Å². The summed E-state index contributed by atoms with van der Waals surface area (Å²) < 4.78 is 6.01. The van der Waals surface area contributed by atoms with Gasteiger partial charge in [0.1, 0.15) is 5.75 Å². The van der Waals surface area contributed by atoms with Gasteiger partial charge in [-0.2, -0.15) is 0 Å². The minimum absolute atomic E-state index is 0.0942. The SMILES string of the molecule is CCCNC(=O)CNC(=O)COc1ccc(Br)cc1C=O. The molecule has 2 N–H and O–H groups in total. The van der Waals surface area contributed by atoms with Crippen molar-refractivity contribution < 1.29 is 19.1 Å². The van der Waals surface area contributed by atoms with Crippen molar-refractivity contribution in [2.75, 3.05) is 19.7 Å². The maximum Gasteiger partial charge on any atom is 0.258 e. The van der Waals surface area contributed by atoms with Gasteiger partial charge in [-0.05, 0) is 24.6 Å². The van der Waals surface area contributed by atoms with Gasteiger partial charge in [0.25, 0.3) is 5.91 Å². The number of carbonyl (C=O) groups excluding carboxylic acids is 3. The lowest BCUT2D eigenvalue weighted by Gasteiger charge is -2.09. The van der Waals surface area contributed by atoms with Crippen LogP contribution >= 0.6 is 15.9 Å². The smallest absolute Gasteiger partial charge is 0.258 e. The second-order valence-corrected chi connectivity index (χ2v) is 5.13. The molecule has 0 atom stereocenters. The molecule has 1 aromatic rings. The van der Waals surface area contributed by atoms with E-state index in [0.29, 0.717) is 24.1 Å². The largest absolute Gasteiger partial charge is 0.483 e. The number of hydrogen-bond acceptors (Lipinski definition) is 4. The molecular formula is C14H17BrN2O4. The van der Waals surface area contributed by atoms with Crippen LogP contribution in [0.3, 0.4) is 0 Å². The first kappa shape index (κ1) is 17.2. The third-order valence-electron chi connectivity index (χ3n) is 2.48. The Bertz CT molecular complexity index is 520. The van der Waals surface area contributed by atoms with E-state index in [2.05, 4.69) is 26.6 Å². The highest BCUT2D eigenvalue weighted by molar-refractivity contribution is 9.10. The average molecular weight is 357 g/mol. The molecule has 0 saturated heterocycles. The van der Waals surface area contributed by atoms with Gasteiger partial charge in [-0.1, -0.05) is 22.9 Å². The predicted molar refractivity (Wildman–Crippen MR) is 81.3 cm³/mol. The molecule has 1 rings (SSSR count). The van der Waals surface area contributed by atoms with Crippen LogP contribution in [0, 0.1) is 0 Å². The third-order valence-corrected chi connectivity index (χ3v) is 2.97. The number of benzene rings is 1. The Morgan fingerprint density at radius 3 is 2.71 bits per heavy atom. The summed E-state index contributed by atoms with van der Waals surface area (Å²) in [5.41, 5.74) is 0.345. The van der Waals surface area contributed by atoms with Crippen LogP contribution in [0.2, 0.25) is 0 Å². The summed E-state index contributed by atoms with van der Waals surface area (Å²) in [7, 11) is 0. The summed E-state index contributed by atoms with van der Waals surface area (Å²) in [4.78, 5) is 33.7. The van der Waals surface area contributed by atoms with E-state index >= 15 is 0 Å². The van der Waals surface area contributed by atoms with Crippen LogP contribution in [0.15, 0.2) is 22.7 Å². The molecule has 114 valence electrons. The minimum Gasteiger partial charge on any atom is -0.483 e. The van der Waals surface area contributed by atoms with Crippen LogP contribution in [0.25, 0.3) is 0 Å². The Labute approximate surface area is 131 Å². The molecule has 0 fully saturated rings. The number of carbonyl (C=O) groups is 3. The van der Waals surface area contributed by atoms with Crippen molar-refractivity contribution in [3.05, 3.63) is 28.2 Å². The summed E-state index contributed by atoms with van der Waals surface area (Å²) in [5.74, 6) is -0.359. The lowest BCUT2D eigenvalue weighted by molar-refractivity contribution is -0.127. The van der Waals surface area contributed by atoms with Crippen molar-refractivity contribution in [3.63, 3.8) is 0 Å². The second-order valence-electron chi connectivity index (χ2n) is 4.22. The van der Waals surface area contributed by atoms with Gasteiger partial charge in [0.2, 0.25) is 5.91 Å². The number of nitrogens with one attached hydrogen (secondary N) is 2. The first-order chi connectivity index (χ1) is 10.1. The Morgan fingerprint density at radius 2 is 2.05 bits per heavy atom. The van der Waals surface area contributed by atoms with Gasteiger partial charge >= 0.3 is 0 Å². The lowest BCUT2D eigenvalue weighted by atomic mass is 10.2. The van der Waals surface area contributed by atoms with E-state index in [9.17, 15) is 14.4 Å². The monoisotopic (exact) mass is 356 g/mol. The first-order valence-electron chi connectivity index (χ1n) is 6.47. The zero-order valence-corrected chi connectivity index (χ0v) is 13.2. The fourth-order valence-corrected chi connectivity index (χ4v) is 1.82. The zero-order chi connectivity index (χ0) is 15.7. The third kappa shape index (κ3) is 6.40. The molecule has 2 amide bonds. The Hall–Kier alpha value is -1.89. The summed E-state index contributed by atoms with van der Waals surface area (Å²) in [6.45, 7) is 2.16. The van der Waals surface area contributed by atoms with Crippen molar-refractivity contribution in [1.29, 1.82) is 0 Å². The van der Waals surface area contributed by atoms with Crippen LogP contribution in [-0.4, -0.2) is 37.8 Å². The fourth-order valence-electron chi connectivity index (χ4n) is 1.44. The second kappa shape index (κ2) is 9.12. The molecule has 0 bridgehead atoms. The Balaban J connectivity index is 2.39. The number of amides is 2. The molecule has 1 aromatic carbocycles. The normalized spacial score (nSPS) is 9.81. The topological polar surface area (TPSA) is 84.5 Å². The van der Waals surface area contributed by atoms with Crippen molar-refractivity contribution in [2.24, 2.45) is 0 Å². The van der Waals surface area contributed by atoms with E-state index in [1.54, 1.807) is 18.2 Å². The van der Waals surface area contributed by atoms with E-state index in [4.69, 9.17) is 4.74 Å². The highest BCUT2D eigenvalue weighted by atomic mass is 79.9. The minimum atomic E-state index is -0.429. The number of ether oxygens (including phenoxy) is 1. The van der Waals surface area contributed by atoms with Crippen LogP contribution in [-0.2, 0) is 9.59 Å². The number of aldehydes is 1. The van der Waals surface area contributed by atoms with Crippen molar-refractivity contribution in [2.45, 2.75) is 13.3 Å². The summed E-state index contributed by atoms with van der Waals surface area (Å²) >= 11 is 3.24. The maximum absolute atomic E-state index is 11.5. The van der Waals surface area contributed by atoms with Gasteiger partial charge in [0.05, 0.1) is 12.1 Å². The molecule has 0 aliphatic carbocycles. The molecule has 0 heterocycles. The van der Waals surface area contributed by atoms with Crippen LogP contribution < -0.4 is 15.4 Å². The van der Waals surface area contributed by atoms with Gasteiger partial charge in [0, 0.05) is 11.0 Å². The lowest BCUT2D eigenvalue weighted by Crippen LogP contribution is -2.39. The fraction of sp³-hybridized carbons (Fsp3) is 0.357. The zero-order valence-electron chi connectivity index (χ0n) is 11.6. The number of hydrogen-bond donors (Lipinski definition) is 2. The van der Waals surface area contributed by atoms with Gasteiger partial charge in [-0.25, -0.2) is 0 Å². The van der Waals surface area contributed by atoms with Crippen molar-refractivity contribution >= 4 is 34.0 Å². The van der Waals surface area contributed by atoms with Crippen LogP contribution in [0.5, 0.6) is 5.75 Å². The van der Waals surface area contributed by atoms with Gasteiger partial charge in [0.15, 0.2) is 12.9 Å². The van der Waals surface area contributed by atoms with E-state index in [1.165, 1.54) is 0 Å². The van der Waals surface area contributed by atoms with E-state index in [1.807, 2.05) is 6.92 Å². The molecule has 0 saturated carbocycles. The molecule has 7 heteroatoms. The molecule has 6 nitrogen and oxygen atoms in total. The molecule has 0 spiro atoms. The number of rotatable bonds is 8. The number of halogens is 1. The highest BCUT2D eigenvalue weighted by Gasteiger charge is 2.08. The summed E-state index contributed by atoms with van der Waals surface area (Å²) in [6.07, 6.45) is 1.48.